The molecular weight excluding hydrogens is 304 g/mol. The molecule has 0 saturated heterocycles. The quantitative estimate of drug-likeness (QED) is 0.757. The molecule has 0 atom stereocenters. The van der Waals surface area contributed by atoms with E-state index in [0.29, 0.717) is 18.8 Å². The third-order valence-corrected chi connectivity index (χ3v) is 4.17. The fourth-order valence-electron chi connectivity index (χ4n) is 2.80. The Kier molecular flexibility index (Phi) is 6.77. The predicted molar refractivity (Wildman–Crippen MR) is 82.1 cm³/mol. The number of amides is 1. The molecule has 1 aliphatic rings. The Morgan fingerprint density at radius 1 is 1.26 bits per heavy atom. The lowest BCUT2D eigenvalue weighted by Gasteiger charge is -2.27. The van der Waals surface area contributed by atoms with Crippen molar-refractivity contribution in [2.75, 3.05) is 13.2 Å². The number of nitrogens with one attached hydrogen (secondary N) is 1. The van der Waals surface area contributed by atoms with Gasteiger partial charge in [-0.25, -0.2) is 8.78 Å². The number of aliphatic hydroxyl groups excluding tert-OH is 1. The van der Waals surface area contributed by atoms with Gasteiger partial charge in [0.2, 0.25) is 5.91 Å². The maximum atomic E-state index is 13.3. The molecule has 2 rings (SSSR count). The van der Waals surface area contributed by atoms with E-state index < -0.39 is 11.6 Å². The summed E-state index contributed by atoms with van der Waals surface area (Å²) in [5.74, 6) is -1.07. The summed E-state index contributed by atoms with van der Waals surface area (Å²) in [6, 6.07) is 3.32. The molecular formula is C17H23F2NO3. The summed E-state index contributed by atoms with van der Waals surface area (Å²) in [7, 11) is 0. The minimum absolute atomic E-state index is 0.00543. The Hall–Kier alpha value is -1.69. The zero-order valence-corrected chi connectivity index (χ0v) is 13.1. The normalized spacial score (nSPS) is 21.0. The van der Waals surface area contributed by atoms with Gasteiger partial charge >= 0.3 is 0 Å². The van der Waals surface area contributed by atoms with Crippen LogP contribution in [0.1, 0.15) is 38.5 Å². The molecule has 0 aliphatic heterocycles. The summed E-state index contributed by atoms with van der Waals surface area (Å²) in [6.45, 7) is 0.422. The molecule has 23 heavy (non-hydrogen) atoms. The van der Waals surface area contributed by atoms with Crippen LogP contribution >= 0.6 is 0 Å². The second-order valence-corrected chi connectivity index (χ2v) is 5.99. The molecule has 1 saturated carbocycles. The molecule has 6 heteroatoms. The van der Waals surface area contributed by atoms with Crippen molar-refractivity contribution in [1.82, 2.24) is 5.32 Å². The van der Waals surface area contributed by atoms with E-state index in [1.165, 1.54) is 6.07 Å². The maximum absolute atomic E-state index is 13.3. The van der Waals surface area contributed by atoms with Gasteiger partial charge < -0.3 is 15.2 Å². The fourth-order valence-corrected chi connectivity index (χ4v) is 2.80. The van der Waals surface area contributed by atoms with Crippen molar-refractivity contribution >= 4 is 5.91 Å². The van der Waals surface area contributed by atoms with Crippen LogP contribution in [0.4, 0.5) is 8.78 Å². The molecule has 0 aromatic heterocycles. The summed E-state index contributed by atoms with van der Waals surface area (Å²) in [5.41, 5.74) is 0. The van der Waals surface area contributed by atoms with E-state index in [9.17, 15) is 13.6 Å². The molecule has 0 unspecified atom stereocenters. The van der Waals surface area contributed by atoms with Crippen molar-refractivity contribution < 1.29 is 23.4 Å². The molecule has 0 radical (unpaired) electrons. The third-order valence-electron chi connectivity index (χ3n) is 4.17. The van der Waals surface area contributed by atoms with Gasteiger partial charge in [0.15, 0.2) is 11.6 Å². The Bertz CT molecular complexity index is 517. The first-order valence-electron chi connectivity index (χ1n) is 8.06. The average Bonchev–Trinajstić information content (AvgIpc) is 2.54. The molecule has 1 aromatic rings. The highest BCUT2D eigenvalue weighted by Crippen LogP contribution is 2.23. The molecule has 1 amide bonds. The molecule has 1 aromatic carbocycles. The van der Waals surface area contributed by atoms with Gasteiger partial charge in [-0.2, -0.15) is 0 Å². The van der Waals surface area contributed by atoms with E-state index in [1.807, 2.05) is 0 Å². The van der Waals surface area contributed by atoms with Gasteiger partial charge in [-0.3, -0.25) is 4.79 Å². The lowest BCUT2D eigenvalue weighted by molar-refractivity contribution is -0.122. The largest absolute Gasteiger partial charge is 0.491 e. The van der Waals surface area contributed by atoms with Crippen molar-refractivity contribution in [3.63, 3.8) is 0 Å². The van der Waals surface area contributed by atoms with Crippen LogP contribution in [0, 0.1) is 17.6 Å². The maximum Gasteiger partial charge on any atom is 0.220 e. The first kappa shape index (κ1) is 17.7. The average molecular weight is 327 g/mol. The zero-order chi connectivity index (χ0) is 16.7. The second-order valence-electron chi connectivity index (χ2n) is 5.99. The van der Waals surface area contributed by atoms with Gasteiger partial charge in [-0.15, -0.1) is 0 Å². The molecule has 4 nitrogen and oxygen atoms in total. The van der Waals surface area contributed by atoms with E-state index >= 15 is 0 Å². The van der Waals surface area contributed by atoms with Crippen LogP contribution < -0.4 is 10.1 Å². The molecule has 2 N–H and O–H groups in total. The molecule has 128 valence electrons. The first-order valence-corrected chi connectivity index (χ1v) is 8.06. The van der Waals surface area contributed by atoms with Crippen molar-refractivity contribution in [2.24, 2.45) is 5.92 Å². The highest BCUT2D eigenvalue weighted by molar-refractivity contribution is 5.76. The predicted octanol–water partition coefficient (Wildman–Crippen LogP) is 2.79. The SMILES string of the molecule is O=C(CCCOc1ccc(F)cc1F)NC1CCC(CO)CC1. The second kappa shape index (κ2) is 8.82. The van der Waals surface area contributed by atoms with Gasteiger partial charge in [0.05, 0.1) is 6.61 Å². The summed E-state index contributed by atoms with van der Waals surface area (Å²) in [4.78, 5) is 11.8. The number of aliphatic hydroxyl groups is 1. The summed E-state index contributed by atoms with van der Waals surface area (Å²) in [5, 5.41) is 12.1. The Balaban J connectivity index is 1.61. The highest BCUT2D eigenvalue weighted by Gasteiger charge is 2.21. The number of hydrogen-bond donors (Lipinski definition) is 2. The van der Waals surface area contributed by atoms with Gasteiger partial charge in [-0.05, 0) is 50.2 Å². The smallest absolute Gasteiger partial charge is 0.220 e. The van der Waals surface area contributed by atoms with Crippen molar-refractivity contribution in [1.29, 1.82) is 0 Å². The number of rotatable bonds is 7. The topological polar surface area (TPSA) is 58.6 Å². The summed E-state index contributed by atoms with van der Waals surface area (Å²) in [6.07, 6.45) is 4.45. The number of halogens is 2. The van der Waals surface area contributed by atoms with E-state index in [1.54, 1.807) is 0 Å². The van der Waals surface area contributed by atoms with Crippen LogP contribution in [0.2, 0.25) is 0 Å². The van der Waals surface area contributed by atoms with Crippen molar-refractivity contribution in [2.45, 2.75) is 44.6 Å². The van der Waals surface area contributed by atoms with Crippen LogP contribution in [0.25, 0.3) is 0 Å². The van der Waals surface area contributed by atoms with Gasteiger partial charge in [0.25, 0.3) is 0 Å². The van der Waals surface area contributed by atoms with Crippen LogP contribution in [-0.4, -0.2) is 30.3 Å². The van der Waals surface area contributed by atoms with Gasteiger partial charge in [-0.1, -0.05) is 0 Å². The highest BCUT2D eigenvalue weighted by atomic mass is 19.1. The molecule has 1 fully saturated rings. The molecule has 0 spiro atoms. The van der Waals surface area contributed by atoms with Crippen LogP contribution in [0.5, 0.6) is 5.75 Å². The summed E-state index contributed by atoms with van der Waals surface area (Å²) < 4.78 is 31.3. The van der Waals surface area contributed by atoms with Crippen LogP contribution in [0.15, 0.2) is 18.2 Å². The Labute approximate surface area is 134 Å². The number of benzene rings is 1. The number of ether oxygens (including phenoxy) is 1. The van der Waals surface area contributed by atoms with Gasteiger partial charge in [0, 0.05) is 25.1 Å². The minimum atomic E-state index is -0.741. The lowest BCUT2D eigenvalue weighted by Crippen LogP contribution is -2.38. The molecule has 0 bridgehead atoms. The monoisotopic (exact) mass is 327 g/mol. The fraction of sp³-hybridized carbons (Fsp3) is 0.588. The first-order chi connectivity index (χ1) is 11.1. The lowest BCUT2D eigenvalue weighted by atomic mass is 9.86. The zero-order valence-electron chi connectivity index (χ0n) is 13.1. The number of carbonyl (C=O) groups excluding carboxylic acids is 1. The number of hydrogen-bond acceptors (Lipinski definition) is 3. The summed E-state index contributed by atoms with van der Waals surface area (Å²) >= 11 is 0. The third kappa shape index (κ3) is 5.78. The van der Waals surface area contributed by atoms with Crippen LogP contribution in [-0.2, 0) is 4.79 Å². The molecule has 1 aliphatic carbocycles. The van der Waals surface area contributed by atoms with E-state index in [4.69, 9.17) is 9.84 Å². The Morgan fingerprint density at radius 2 is 2.00 bits per heavy atom. The van der Waals surface area contributed by atoms with Gasteiger partial charge in [0.1, 0.15) is 5.82 Å². The van der Waals surface area contributed by atoms with E-state index in [2.05, 4.69) is 5.32 Å². The van der Waals surface area contributed by atoms with Crippen molar-refractivity contribution in [3.05, 3.63) is 29.8 Å². The van der Waals surface area contributed by atoms with E-state index in [0.717, 1.165) is 37.8 Å². The Morgan fingerprint density at radius 3 is 2.65 bits per heavy atom. The number of carbonyl (C=O) groups is 1. The van der Waals surface area contributed by atoms with Crippen LogP contribution in [0.3, 0.4) is 0 Å². The molecule has 0 heterocycles. The van der Waals surface area contributed by atoms with E-state index in [-0.39, 0.29) is 30.9 Å². The van der Waals surface area contributed by atoms with Crippen molar-refractivity contribution in [3.8, 4) is 5.75 Å². The minimum Gasteiger partial charge on any atom is -0.491 e. The standard InChI is InChI=1S/C17H23F2NO3/c18-13-5-8-16(15(19)10-13)23-9-1-2-17(22)20-14-6-3-12(11-21)4-7-14/h5,8,10,12,14,21H,1-4,6-7,9,11H2,(H,20,22).